The third-order valence-electron chi connectivity index (χ3n) is 3.18. The van der Waals surface area contributed by atoms with Crippen LogP contribution >= 0.6 is 11.6 Å². The van der Waals surface area contributed by atoms with Crippen molar-refractivity contribution in [1.29, 1.82) is 0 Å². The van der Waals surface area contributed by atoms with Gasteiger partial charge in [0.25, 0.3) is 0 Å². The monoisotopic (exact) mass is 318 g/mol. The minimum Gasteiger partial charge on any atom is -0.316 e. The Morgan fingerprint density at radius 3 is 2.55 bits per heavy atom. The van der Waals surface area contributed by atoms with Gasteiger partial charge in [-0.05, 0) is 31.2 Å². The Morgan fingerprint density at radius 2 is 2.00 bits per heavy atom. The second-order valence-electron chi connectivity index (χ2n) is 4.82. The van der Waals surface area contributed by atoms with E-state index in [9.17, 15) is 8.42 Å². The van der Waals surface area contributed by atoms with Crippen LogP contribution in [0.25, 0.3) is 0 Å². The van der Waals surface area contributed by atoms with Gasteiger partial charge in [-0.25, -0.2) is 12.7 Å². The molecule has 0 fully saturated rings. The molecule has 0 heterocycles. The number of nitrogens with zero attached hydrogens (tertiary/aromatic N) is 1. The number of benzene rings is 1. The molecule has 0 aliphatic carbocycles. The van der Waals surface area contributed by atoms with Gasteiger partial charge in [-0.2, -0.15) is 0 Å². The van der Waals surface area contributed by atoms with Crippen LogP contribution in [0, 0.1) is 0 Å². The van der Waals surface area contributed by atoms with E-state index in [1.807, 2.05) is 7.05 Å². The molecule has 0 atom stereocenters. The van der Waals surface area contributed by atoms with Gasteiger partial charge in [0.2, 0.25) is 10.0 Å². The number of hydrogen-bond acceptors (Lipinski definition) is 3. The molecular weight excluding hydrogens is 296 g/mol. The maximum absolute atomic E-state index is 12.4. The first-order valence-electron chi connectivity index (χ1n) is 6.82. The van der Waals surface area contributed by atoms with E-state index in [2.05, 4.69) is 12.2 Å². The summed E-state index contributed by atoms with van der Waals surface area (Å²) >= 11 is 6.12. The zero-order chi connectivity index (χ0) is 15.2. The Kier molecular flexibility index (Phi) is 6.95. The molecule has 0 aliphatic heterocycles. The number of rotatable bonds is 8. The minimum atomic E-state index is -3.45. The molecule has 20 heavy (non-hydrogen) atoms. The Morgan fingerprint density at radius 1 is 1.30 bits per heavy atom. The lowest BCUT2D eigenvalue weighted by molar-refractivity contribution is 0.454. The molecule has 1 rings (SSSR count). The molecule has 0 saturated heterocycles. The Bertz CT molecular complexity index is 532. The van der Waals surface area contributed by atoms with Crippen LogP contribution in [0.15, 0.2) is 23.1 Å². The largest absolute Gasteiger partial charge is 0.316 e. The van der Waals surface area contributed by atoms with Crippen molar-refractivity contribution in [2.24, 2.45) is 0 Å². The lowest BCUT2D eigenvalue weighted by Gasteiger charge is -2.17. The van der Waals surface area contributed by atoms with Crippen molar-refractivity contribution in [3.63, 3.8) is 0 Å². The lowest BCUT2D eigenvalue weighted by atomic mass is 10.2. The maximum Gasteiger partial charge on any atom is 0.242 e. The number of unbranched alkanes of at least 4 members (excludes halogenated alkanes) is 2. The van der Waals surface area contributed by atoms with Gasteiger partial charge in [-0.15, -0.1) is 0 Å². The fourth-order valence-electron chi connectivity index (χ4n) is 1.91. The first-order chi connectivity index (χ1) is 9.43. The second-order valence-corrected chi connectivity index (χ2v) is 7.27. The molecule has 0 unspecified atom stereocenters. The van der Waals surface area contributed by atoms with Gasteiger partial charge in [0.05, 0.1) is 4.90 Å². The van der Waals surface area contributed by atoms with Crippen LogP contribution in [0.1, 0.15) is 31.7 Å². The van der Waals surface area contributed by atoms with Crippen LogP contribution in [-0.2, 0) is 16.6 Å². The zero-order valence-electron chi connectivity index (χ0n) is 12.3. The molecule has 0 saturated carbocycles. The van der Waals surface area contributed by atoms with Crippen LogP contribution < -0.4 is 5.32 Å². The smallest absolute Gasteiger partial charge is 0.242 e. The molecule has 0 radical (unpaired) electrons. The lowest BCUT2D eigenvalue weighted by Crippen LogP contribution is -2.28. The van der Waals surface area contributed by atoms with Crippen molar-refractivity contribution in [3.8, 4) is 0 Å². The Labute approximate surface area is 127 Å². The van der Waals surface area contributed by atoms with Crippen LogP contribution in [0.4, 0.5) is 0 Å². The van der Waals surface area contributed by atoms with E-state index in [4.69, 9.17) is 11.6 Å². The predicted molar refractivity (Wildman–Crippen MR) is 83.6 cm³/mol. The molecule has 0 aromatic heterocycles. The highest BCUT2D eigenvalue weighted by atomic mass is 35.5. The summed E-state index contributed by atoms with van der Waals surface area (Å²) in [6, 6.07) is 4.90. The maximum atomic E-state index is 12.4. The van der Waals surface area contributed by atoms with Gasteiger partial charge in [0.1, 0.15) is 0 Å². The summed E-state index contributed by atoms with van der Waals surface area (Å²) in [4.78, 5) is 0.251. The second kappa shape index (κ2) is 7.98. The van der Waals surface area contributed by atoms with Crippen molar-refractivity contribution in [3.05, 3.63) is 28.8 Å². The van der Waals surface area contributed by atoms with Crippen molar-refractivity contribution < 1.29 is 8.42 Å². The van der Waals surface area contributed by atoms with E-state index in [1.165, 1.54) is 10.4 Å². The fourth-order valence-corrected chi connectivity index (χ4v) is 3.46. The summed E-state index contributed by atoms with van der Waals surface area (Å²) in [6.45, 7) is 3.24. The van der Waals surface area contributed by atoms with Crippen LogP contribution in [-0.4, -0.2) is 33.4 Å². The molecule has 0 aliphatic rings. The predicted octanol–water partition coefficient (Wildman–Crippen LogP) is 2.87. The Hall–Kier alpha value is -0.620. The normalized spacial score (nSPS) is 12.1. The molecule has 6 heteroatoms. The molecule has 114 valence electrons. The third-order valence-corrected chi connectivity index (χ3v) is 5.38. The average Bonchev–Trinajstić information content (AvgIpc) is 2.41. The summed E-state index contributed by atoms with van der Waals surface area (Å²) in [6.07, 6.45) is 2.97. The van der Waals surface area contributed by atoms with Crippen molar-refractivity contribution in [2.45, 2.75) is 37.6 Å². The quantitative estimate of drug-likeness (QED) is 0.750. The number of nitrogens with one attached hydrogen (secondary N) is 1. The molecular formula is C14H23ClN2O2S. The highest BCUT2D eigenvalue weighted by Gasteiger charge is 2.21. The summed E-state index contributed by atoms with van der Waals surface area (Å²) in [5.74, 6) is 0. The number of hydrogen-bond donors (Lipinski definition) is 1. The molecule has 0 bridgehead atoms. The molecule has 0 amide bonds. The SMILES string of the molecule is CCCCCN(C)S(=O)(=O)c1ccc(CNC)c(Cl)c1. The van der Waals surface area contributed by atoms with Gasteiger partial charge >= 0.3 is 0 Å². The van der Waals surface area contributed by atoms with Gasteiger partial charge < -0.3 is 5.32 Å². The highest BCUT2D eigenvalue weighted by Crippen LogP contribution is 2.23. The van der Waals surface area contributed by atoms with E-state index >= 15 is 0 Å². The summed E-state index contributed by atoms with van der Waals surface area (Å²) in [7, 11) is -0.0117. The number of halogens is 1. The highest BCUT2D eigenvalue weighted by molar-refractivity contribution is 7.89. The van der Waals surface area contributed by atoms with Gasteiger partial charge in [0.15, 0.2) is 0 Å². The molecule has 1 aromatic carbocycles. The molecule has 1 aromatic rings. The van der Waals surface area contributed by atoms with Crippen LogP contribution in [0.3, 0.4) is 0 Å². The van der Waals surface area contributed by atoms with E-state index in [0.717, 1.165) is 24.8 Å². The topological polar surface area (TPSA) is 49.4 Å². The third kappa shape index (κ3) is 4.45. The first-order valence-corrected chi connectivity index (χ1v) is 8.64. The summed E-state index contributed by atoms with van der Waals surface area (Å²) < 4.78 is 26.2. The number of sulfonamides is 1. The van der Waals surface area contributed by atoms with Crippen LogP contribution in [0.5, 0.6) is 0 Å². The van der Waals surface area contributed by atoms with Crippen LogP contribution in [0.2, 0.25) is 5.02 Å². The molecule has 4 nitrogen and oxygen atoms in total. The van der Waals surface area contributed by atoms with E-state index in [-0.39, 0.29) is 4.90 Å². The summed E-state index contributed by atoms with van der Waals surface area (Å²) in [5.41, 5.74) is 0.891. The van der Waals surface area contributed by atoms with Gasteiger partial charge in [-0.1, -0.05) is 37.4 Å². The van der Waals surface area contributed by atoms with Gasteiger partial charge in [-0.3, -0.25) is 0 Å². The standard InChI is InChI=1S/C14H23ClN2O2S/c1-4-5-6-9-17(3)20(18,19)13-8-7-12(11-16-2)14(15)10-13/h7-8,10,16H,4-6,9,11H2,1-3H3. The summed E-state index contributed by atoms with van der Waals surface area (Å²) in [5, 5.41) is 3.47. The van der Waals surface area contributed by atoms with E-state index in [0.29, 0.717) is 18.1 Å². The van der Waals surface area contributed by atoms with Crippen molar-refractivity contribution in [1.82, 2.24) is 9.62 Å². The first kappa shape index (κ1) is 17.4. The minimum absolute atomic E-state index is 0.251. The van der Waals surface area contributed by atoms with Gasteiger partial charge in [0, 0.05) is 25.2 Å². The Balaban J connectivity index is 2.89. The molecule has 1 N–H and O–H groups in total. The van der Waals surface area contributed by atoms with E-state index < -0.39 is 10.0 Å². The fraction of sp³-hybridized carbons (Fsp3) is 0.571. The van der Waals surface area contributed by atoms with Crippen molar-refractivity contribution >= 4 is 21.6 Å². The van der Waals surface area contributed by atoms with E-state index in [1.54, 1.807) is 19.2 Å². The average molecular weight is 319 g/mol. The molecule has 0 spiro atoms. The zero-order valence-corrected chi connectivity index (χ0v) is 13.9. The van der Waals surface area contributed by atoms with Crippen molar-refractivity contribution in [2.75, 3.05) is 20.6 Å².